The number of methoxy groups -OCH3 is 1. The monoisotopic (exact) mass is 466 g/mol. The summed E-state index contributed by atoms with van der Waals surface area (Å²) in [7, 11) is 1.54. The van der Waals surface area contributed by atoms with E-state index in [4.69, 9.17) is 14.6 Å². The zero-order valence-electron chi connectivity index (χ0n) is 19.2. The SMILES string of the molecule is COCCC(NC(=O)OCC1c2ccccc2-c2ccccc21)C(=O)N1CC(CCC(=O)O)C1. The number of carbonyl (C=O) groups is 3. The second-order valence-corrected chi connectivity index (χ2v) is 8.85. The van der Waals surface area contributed by atoms with Gasteiger partial charge in [-0.05, 0) is 34.6 Å². The minimum atomic E-state index is -0.834. The van der Waals surface area contributed by atoms with Gasteiger partial charge in [0.15, 0.2) is 0 Å². The number of carboxylic acid groups (broad SMARTS) is 1. The van der Waals surface area contributed by atoms with Crippen LogP contribution in [0, 0.1) is 5.92 Å². The molecule has 0 bridgehead atoms. The summed E-state index contributed by atoms with van der Waals surface area (Å²) >= 11 is 0. The number of nitrogens with zero attached hydrogens (tertiary/aromatic N) is 1. The van der Waals surface area contributed by atoms with Crippen LogP contribution in [0.25, 0.3) is 11.1 Å². The lowest BCUT2D eigenvalue weighted by Crippen LogP contribution is -2.57. The Balaban J connectivity index is 1.34. The maximum Gasteiger partial charge on any atom is 0.407 e. The molecule has 1 heterocycles. The van der Waals surface area contributed by atoms with Gasteiger partial charge < -0.3 is 24.8 Å². The van der Waals surface area contributed by atoms with E-state index in [1.165, 1.54) is 0 Å². The first kappa shape index (κ1) is 23.8. The van der Waals surface area contributed by atoms with E-state index in [1.807, 2.05) is 24.3 Å². The molecule has 2 aromatic rings. The molecule has 8 nitrogen and oxygen atoms in total. The topological polar surface area (TPSA) is 105 Å². The Morgan fingerprint density at radius 2 is 1.68 bits per heavy atom. The first-order chi connectivity index (χ1) is 16.5. The Bertz CT molecular complexity index is 1000. The summed E-state index contributed by atoms with van der Waals surface area (Å²) < 4.78 is 10.7. The van der Waals surface area contributed by atoms with Crippen LogP contribution in [0.2, 0.25) is 0 Å². The predicted molar refractivity (Wildman–Crippen MR) is 125 cm³/mol. The number of carbonyl (C=O) groups excluding carboxylic acids is 2. The third-order valence-electron chi connectivity index (χ3n) is 6.58. The average Bonchev–Trinajstić information content (AvgIpc) is 3.12. The quantitative estimate of drug-likeness (QED) is 0.557. The van der Waals surface area contributed by atoms with Crippen LogP contribution in [-0.4, -0.2) is 67.4 Å². The lowest BCUT2D eigenvalue weighted by atomic mass is 9.93. The number of amides is 2. The third kappa shape index (κ3) is 5.22. The summed E-state index contributed by atoms with van der Waals surface area (Å²) in [5, 5.41) is 11.5. The van der Waals surface area contributed by atoms with Crippen molar-refractivity contribution >= 4 is 18.0 Å². The van der Waals surface area contributed by atoms with Crippen molar-refractivity contribution in [3.05, 3.63) is 59.7 Å². The minimum Gasteiger partial charge on any atom is -0.481 e. The molecule has 1 atom stereocenters. The zero-order valence-corrected chi connectivity index (χ0v) is 19.2. The highest BCUT2D eigenvalue weighted by atomic mass is 16.5. The van der Waals surface area contributed by atoms with Gasteiger partial charge in [0.1, 0.15) is 12.6 Å². The van der Waals surface area contributed by atoms with Crippen LogP contribution in [-0.2, 0) is 19.1 Å². The van der Waals surface area contributed by atoms with Crippen LogP contribution >= 0.6 is 0 Å². The van der Waals surface area contributed by atoms with E-state index in [2.05, 4.69) is 29.6 Å². The Morgan fingerprint density at radius 3 is 2.26 bits per heavy atom. The first-order valence-corrected chi connectivity index (χ1v) is 11.6. The number of ether oxygens (including phenoxy) is 2. The lowest BCUT2D eigenvalue weighted by molar-refractivity contribution is -0.141. The molecule has 0 saturated carbocycles. The fourth-order valence-electron chi connectivity index (χ4n) is 4.76. The van der Waals surface area contributed by atoms with Crippen LogP contribution < -0.4 is 5.32 Å². The number of likely N-dealkylation sites (tertiary alicyclic amines) is 1. The number of benzene rings is 2. The van der Waals surface area contributed by atoms with Gasteiger partial charge in [-0.3, -0.25) is 9.59 Å². The highest BCUT2D eigenvalue weighted by Gasteiger charge is 2.35. The summed E-state index contributed by atoms with van der Waals surface area (Å²) in [5.74, 6) is -0.911. The predicted octanol–water partition coefficient (Wildman–Crippen LogP) is 3.25. The van der Waals surface area contributed by atoms with E-state index in [9.17, 15) is 14.4 Å². The second-order valence-electron chi connectivity index (χ2n) is 8.85. The molecule has 2 aromatic carbocycles. The van der Waals surface area contributed by atoms with Crippen LogP contribution in [0.3, 0.4) is 0 Å². The summed E-state index contributed by atoms with van der Waals surface area (Å²) in [4.78, 5) is 38.0. The highest BCUT2D eigenvalue weighted by molar-refractivity contribution is 5.86. The molecule has 1 fully saturated rings. The molecule has 1 aliphatic carbocycles. The van der Waals surface area contributed by atoms with Crippen molar-refractivity contribution in [2.24, 2.45) is 5.92 Å². The largest absolute Gasteiger partial charge is 0.481 e. The van der Waals surface area contributed by atoms with Gasteiger partial charge in [0.05, 0.1) is 0 Å². The molecular formula is C26H30N2O6. The number of hydrogen-bond acceptors (Lipinski definition) is 5. The Hall–Kier alpha value is -3.39. The van der Waals surface area contributed by atoms with Crippen LogP contribution in [0.4, 0.5) is 4.79 Å². The maximum absolute atomic E-state index is 12.9. The molecule has 2 amide bonds. The first-order valence-electron chi connectivity index (χ1n) is 11.6. The molecule has 1 saturated heterocycles. The van der Waals surface area contributed by atoms with Crippen molar-refractivity contribution in [1.29, 1.82) is 0 Å². The highest BCUT2D eigenvalue weighted by Crippen LogP contribution is 2.44. The number of fused-ring (bicyclic) bond motifs is 3. The summed E-state index contributed by atoms with van der Waals surface area (Å²) in [6, 6.07) is 15.5. The van der Waals surface area contributed by atoms with E-state index in [0.717, 1.165) is 22.3 Å². The normalized spacial score (nSPS) is 15.7. The number of nitrogens with one attached hydrogen (secondary N) is 1. The van der Waals surface area contributed by atoms with Gasteiger partial charge in [-0.25, -0.2) is 4.79 Å². The molecular weight excluding hydrogens is 436 g/mol. The van der Waals surface area contributed by atoms with E-state index in [-0.39, 0.29) is 30.8 Å². The van der Waals surface area contributed by atoms with Crippen LogP contribution in [0.5, 0.6) is 0 Å². The molecule has 8 heteroatoms. The molecule has 180 valence electrons. The second kappa shape index (κ2) is 10.7. The van der Waals surface area contributed by atoms with Gasteiger partial charge in [-0.2, -0.15) is 0 Å². The van der Waals surface area contributed by atoms with Gasteiger partial charge in [0.2, 0.25) is 5.91 Å². The molecule has 2 aliphatic rings. The van der Waals surface area contributed by atoms with Crippen LogP contribution in [0.15, 0.2) is 48.5 Å². The van der Waals surface area contributed by atoms with Crippen molar-refractivity contribution < 1.29 is 29.0 Å². The Labute approximate surface area is 198 Å². The lowest BCUT2D eigenvalue weighted by Gasteiger charge is -2.41. The van der Waals surface area contributed by atoms with Gasteiger partial charge in [-0.15, -0.1) is 0 Å². The smallest absolute Gasteiger partial charge is 0.407 e. The summed E-state index contributed by atoms with van der Waals surface area (Å²) in [5.41, 5.74) is 4.54. The Morgan fingerprint density at radius 1 is 1.06 bits per heavy atom. The third-order valence-corrected chi connectivity index (χ3v) is 6.58. The molecule has 1 unspecified atom stereocenters. The standard InChI is InChI=1S/C26H30N2O6/c1-33-13-12-23(25(31)28-14-17(15-28)10-11-24(29)30)27-26(32)34-16-22-20-8-4-2-6-18(20)19-7-3-5-9-21(19)22/h2-9,17,22-23H,10-16H2,1H3,(H,27,32)(H,29,30). The molecule has 4 rings (SSSR count). The van der Waals surface area contributed by atoms with Gasteiger partial charge in [-0.1, -0.05) is 48.5 Å². The zero-order chi connectivity index (χ0) is 24.1. The van der Waals surface area contributed by atoms with Gasteiger partial charge in [0, 0.05) is 45.6 Å². The minimum absolute atomic E-state index is 0.0587. The van der Waals surface area contributed by atoms with Gasteiger partial charge in [0.25, 0.3) is 0 Å². The van der Waals surface area contributed by atoms with E-state index >= 15 is 0 Å². The van der Waals surface area contributed by atoms with E-state index in [1.54, 1.807) is 12.0 Å². The van der Waals surface area contributed by atoms with Crippen LogP contribution in [0.1, 0.15) is 36.3 Å². The van der Waals surface area contributed by atoms with E-state index < -0.39 is 18.1 Å². The number of hydrogen-bond donors (Lipinski definition) is 2. The van der Waals surface area contributed by atoms with Crippen molar-refractivity contribution in [3.8, 4) is 11.1 Å². The van der Waals surface area contributed by atoms with E-state index in [0.29, 0.717) is 32.5 Å². The average molecular weight is 467 g/mol. The van der Waals surface area contributed by atoms with Crippen molar-refractivity contribution in [2.45, 2.75) is 31.2 Å². The Kier molecular flexibility index (Phi) is 7.47. The molecule has 0 spiro atoms. The molecule has 2 N–H and O–H groups in total. The van der Waals surface area contributed by atoms with Crippen molar-refractivity contribution in [2.75, 3.05) is 33.4 Å². The number of rotatable bonds is 10. The molecule has 1 aliphatic heterocycles. The summed E-state index contributed by atoms with van der Waals surface area (Å²) in [6.07, 6.45) is 0.328. The number of alkyl carbamates (subject to hydrolysis) is 1. The fourth-order valence-corrected chi connectivity index (χ4v) is 4.76. The molecule has 0 radical (unpaired) electrons. The van der Waals surface area contributed by atoms with Crippen molar-refractivity contribution in [1.82, 2.24) is 10.2 Å². The maximum atomic E-state index is 12.9. The molecule has 0 aromatic heterocycles. The van der Waals surface area contributed by atoms with Gasteiger partial charge >= 0.3 is 12.1 Å². The number of aliphatic carboxylic acids is 1. The number of carboxylic acids is 1. The van der Waals surface area contributed by atoms with Crippen molar-refractivity contribution in [3.63, 3.8) is 0 Å². The summed E-state index contributed by atoms with van der Waals surface area (Å²) in [6.45, 7) is 1.49. The molecule has 34 heavy (non-hydrogen) atoms. The fraction of sp³-hybridized carbons (Fsp3) is 0.423.